The van der Waals surface area contributed by atoms with Crippen LogP contribution < -0.4 is 0 Å². The first-order valence-corrected chi connectivity index (χ1v) is 10.1. The van der Waals surface area contributed by atoms with Gasteiger partial charge >= 0.3 is 0 Å². The lowest BCUT2D eigenvalue weighted by atomic mass is 9.48. The third-order valence-corrected chi connectivity index (χ3v) is 7.24. The molecule has 3 atom stereocenters. The SMILES string of the molecule is CC1CCCCC(C)C2(C=CC=CC23CCCCCCC3)C1. The molecule has 0 aromatic heterocycles. The van der Waals surface area contributed by atoms with Crippen molar-refractivity contribution >= 4 is 0 Å². The standard InChI is InChI=1S/C22H36/c1-19-12-6-7-13-20(2)22(18-19)17-11-10-16-21(22)14-8-4-3-5-9-15-21/h10-11,16-17,19-20H,3-9,12-15,18H2,1-2H3. The fraction of sp³-hybridized carbons (Fsp3) is 0.818. The average Bonchev–Trinajstić information content (AvgIpc) is 2.48. The van der Waals surface area contributed by atoms with Crippen LogP contribution in [-0.2, 0) is 0 Å². The first kappa shape index (κ1) is 16.3. The molecule has 0 aromatic rings. The predicted molar refractivity (Wildman–Crippen MR) is 96.9 cm³/mol. The van der Waals surface area contributed by atoms with Crippen LogP contribution in [0.1, 0.15) is 90.9 Å². The van der Waals surface area contributed by atoms with Gasteiger partial charge in [0.2, 0.25) is 0 Å². The molecule has 0 aliphatic heterocycles. The number of allylic oxidation sites excluding steroid dienone is 4. The molecule has 2 saturated carbocycles. The van der Waals surface area contributed by atoms with Crippen molar-refractivity contribution in [3.05, 3.63) is 24.3 Å². The van der Waals surface area contributed by atoms with Crippen LogP contribution in [0, 0.1) is 22.7 Å². The van der Waals surface area contributed by atoms with Gasteiger partial charge in [-0.15, -0.1) is 0 Å². The minimum atomic E-state index is 0.443. The summed E-state index contributed by atoms with van der Waals surface area (Å²) in [5.41, 5.74) is 0.909. The van der Waals surface area contributed by atoms with Gasteiger partial charge < -0.3 is 0 Å². The molecule has 0 N–H and O–H groups in total. The molecule has 0 radical (unpaired) electrons. The van der Waals surface area contributed by atoms with Crippen molar-refractivity contribution in [1.29, 1.82) is 0 Å². The van der Waals surface area contributed by atoms with Crippen LogP contribution in [0.3, 0.4) is 0 Å². The molecule has 2 spiro atoms. The summed E-state index contributed by atoms with van der Waals surface area (Å²) in [4.78, 5) is 0. The summed E-state index contributed by atoms with van der Waals surface area (Å²) in [6, 6.07) is 0. The van der Waals surface area contributed by atoms with E-state index in [1.54, 1.807) is 0 Å². The zero-order chi connectivity index (χ0) is 15.5. The van der Waals surface area contributed by atoms with Gasteiger partial charge in [-0.1, -0.05) is 89.5 Å². The molecule has 0 bridgehead atoms. The fourth-order valence-corrected chi connectivity index (χ4v) is 5.96. The summed E-state index contributed by atoms with van der Waals surface area (Å²) < 4.78 is 0. The minimum absolute atomic E-state index is 0.443. The Kier molecular flexibility index (Phi) is 5.15. The maximum Gasteiger partial charge on any atom is 0.000400 e. The molecule has 3 aliphatic rings. The van der Waals surface area contributed by atoms with Crippen LogP contribution in [0.25, 0.3) is 0 Å². The zero-order valence-electron chi connectivity index (χ0n) is 14.9. The second kappa shape index (κ2) is 6.93. The molecule has 0 heterocycles. The van der Waals surface area contributed by atoms with Crippen LogP contribution in [0.4, 0.5) is 0 Å². The number of hydrogen-bond donors (Lipinski definition) is 0. The van der Waals surface area contributed by atoms with E-state index in [0.717, 1.165) is 11.8 Å². The normalized spacial score (nSPS) is 39.2. The molecule has 2 fully saturated rings. The summed E-state index contributed by atoms with van der Waals surface area (Å²) in [5.74, 6) is 1.73. The first-order valence-electron chi connectivity index (χ1n) is 10.1. The molecule has 0 saturated heterocycles. The van der Waals surface area contributed by atoms with Gasteiger partial charge in [-0.25, -0.2) is 0 Å². The van der Waals surface area contributed by atoms with Crippen molar-refractivity contribution < 1.29 is 0 Å². The van der Waals surface area contributed by atoms with E-state index in [1.807, 2.05) is 0 Å². The zero-order valence-corrected chi connectivity index (χ0v) is 14.9. The van der Waals surface area contributed by atoms with Crippen LogP contribution in [0.5, 0.6) is 0 Å². The van der Waals surface area contributed by atoms with Gasteiger partial charge in [-0.05, 0) is 42.9 Å². The molecule has 22 heavy (non-hydrogen) atoms. The Bertz CT molecular complexity index is 408. The Labute approximate surface area is 138 Å². The third kappa shape index (κ3) is 2.95. The van der Waals surface area contributed by atoms with Crippen molar-refractivity contribution in [2.24, 2.45) is 22.7 Å². The maximum atomic E-state index is 2.67. The van der Waals surface area contributed by atoms with Gasteiger partial charge in [-0.3, -0.25) is 0 Å². The summed E-state index contributed by atoms with van der Waals surface area (Å²) in [5, 5.41) is 0. The van der Waals surface area contributed by atoms with Crippen LogP contribution >= 0.6 is 0 Å². The molecule has 3 unspecified atom stereocenters. The third-order valence-electron chi connectivity index (χ3n) is 7.24. The Morgan fingerprint density at radius 2 is 1.36 bits per heavy atom. The van der Waals surface area contributed by atoms with E-state index in [1.165, 1.54) is 77.0 Å². The molecule has 0 nitrogen and oxygen atoms in total. The van der Waals surface area contributed by atoms with E-state index in [-0.39, 0.29) is 0 Å². The van der Waals surface area contributed by atoms with Gasteiger partial charge in [0.15, 0.2) is 0 Å². The predicted octanol–water partition coefficient (Wildman–Crippen LogP) is 7.07. The lowest BCUT2D eigenvalue weighted by Gasteiger charge is -2.55. The maximum absolute atomic E-state index is 2.67. The Morgan fingerprint density at radius 3 is 2.14 bits per heavy atom. The summed E-state index contributed by atoms with van der Waals surface area (Å²) >= 11 is 0. The van der Waals surface area contributed by atoms with Crippen molar-refractivity contribution in [3.8, 4) is 0 Å². The van der Waals surface area contributed by atoms with Gasteiger partial charge in [0, 0.05) is 5.41 Å². The Morgan fingerprint density at radius 1 is 0.727 bits per heavy atom. The molecule has 3 aliphatic carbocycles. The minimum Gasteiger partial charge on any atom is -0.0774 e. The molecule has 124 valence electrons. The van der Waals surface area contributed by atoms with Crippen molar-refractivity contribution in [2.75, 3.05) is 0 Å². The summed E-state index contributed by atoms with van der Waals surface area (Å²) in [6.45, 7) is 5.09. The molecular formula is C22H36. The summed E-state index contributed by atoms with van der Waals surface area (Å²) in [6.07, 6.45) is 27.4. The van der Waals surface area contributed by atoms with Crippen LogP contribution in [0.2, 0.25) is 0 Å². The average molecular weight is 301 g/mol. The lowest BCUT2D eigenvalue weighted by Crippen LogP contribution is -2.47. The van der Waals surface area contributed by atoms with E-state index in [0.29, 0.717) is 10.8 Å². The van der Waals surface area contributed by atoms with Crippen LogP contribution in [0.15, 0.2) is 24.3 Å². The van der Waals surface area contributed by atoms with E-state index in [2.05, 4.69) is 38.2 Å². The first-order chi connectivity index (χ1) is 10.7. The Hall–Kier alpha value is -0.520. The van der Waals surface area contributed by atoms with Gasteiger partial charge in [0.1, 0.15) is 0 Å². The number of rotatable bonds is 0. The monoisotopic (exact) mass is 300 g/mol. The van der Waals surface area contributed by atoms with Crippen LogP contribution in [-0.4, -0.2) is 0 Å². The van der Waals surface area contributed by atoms with Crippen molar-refractivity contribution in [3.63, 3.8) is 0 Å². The second-order valence-electron chi connectivity index (χ2n) is 8.68. The molecule has 0 heteroatoms. The molecule has 3 rings (SSSR count). The van der Waals surface area contributed by atoms with E-state index >= 15 is 0 Å². The highest BCUT2D eigenvalue weighted by Gasteiger charge is 2.51. The topological polar surface area (TPSA) is 0 Å². The van der Waals surface area contributed by atoms with Crippen molar-refractivity contribution in [2.45, 2.75) is 90.9 Å². The Balaban J connectivity index is 1.97. The number of fused-ring (bicyclic) bond motifs is 1. The molecule has 0 aromatic carbocycles. The van der Waals surface area contributed by atoms with Gasteiger partial charge in [0.25, 0.3) is 0 Å². The van der Waals surface area contributed by atoms with E-state index < -0.39 is 0 Å². The largest absolute Gasteiger partial charge is 0.0774 e. The van der Waals surface area contributed by atoms with E-state index in [4.69, 9.17) is 0 Å². The second-order valence-corrected chi connectivity index (χ2v) is 8.68. The summed E-state index contributed by atoms with van der Waals surface area (Å²) in [7, 11) is 0. The van der Waals surface area contributed by atoms with Crippen molar-refractivity contribution in [1.82, 2.24) is 0 Å². The quantitative estimate of drug-likeness (QED) is 0.449. The lowest BCUT2D eigenvalue weighted by molar-refractivity contribution is 0.00847. The molecule has 0 amide bonds. The van der Waals surface area contributed by atoms with Gasteiger partial charge in [0.05, 0.1) is 0 Å². The number of hydrogen-bond acceptors (Lipinski definition) is 0. The highest BCUT2D eigenvalue weighted by Crippen LogP contribution is 2.60. The highest BCUT2D eigenvalue weighted by molar-refractivity contribution is 5.27. The fourth-order valence-electron chi connectivity index (χ4n) is 5.96. The smallest absolute Gasteiger partial charge is 0.000400 e. The van der Waals surface area contributed by atoms with Gasteiger partial charge in [-0.2, -0.15) is 0 Å². The van der Waals surface area contributed by atoms with E-state index in [9.17, 15) is 0 Å². The highest BCUT2D eigenvalue weighted by atomic mass is 14.6. The molecular weight excluding hydrogens is 264 g/mol.